The van der Waals surface area contributed by atoms with Crippen molar-refractivity contribution in [3.63, 3.8) is 0 Å². The minimum absolute atomic E-state index is 0.166. The Morgan fingerprint density at radius 2 is 2.21 bits per heavy atom. The van der Waals surface area contributed by atoms with Crippen molar-refractivity contribution < 1.29 is 0 Å². The number of rotatable bonds is 3. The Morgan fingerprint density at radius 3 is 3.00 bits per heavy atom. The smallest absolute Gasteiger partial charge is 0.277 e. The molecule has 2 heterocycles. The maximum atomic E-state index is 12.2. The lowest BCUT2D eigenvalue weighted by Crippen LogP contribution is -2.24. The summed E-state index contributed by atoms with van der Waals surface area (Å²) in [5.74, 6) is 5.26. The highest BCUT2D eigenvalue weighted by Crippen LogP contribution is 2.17. The Bertz CT molecular complexity index is 780. The van der Waals surface area contributed by atoms with Gasteiger partial charge in [0.25, 0.3) is 5.56 Å². The number of hydrazine groups is 1. The fraction of sp³-hybridized carbons (Fsp3) is 0.0909. The SMILES string of the molecule is NNc1ncc(Cn2nnc3ccccc3c2=O)s1. The van der Waals surface area contributed by atoms with Crippen LogP contribution in [0.15, 0.2) is 35.3 Å². The number of aromatic nitrogens is 4. The van der Waals surface area contributed by atoms with Crippen LogP contribution in [0.5, 0.6) is 0 Å². The van der Waals surface area contributed by atoms with Gasteiger partial charge in [-0.15, -0.1) is 5.10 Å². The minimum atomic E-state index is -0.166. The van der Waals surface area contributed by atoms with Crippen LogP contribution in [-0.4, -0.2) is 20.0 Å². The molecule has 0 spiro atoms. The van der Waals surface area contributed by atoms with E-state index in [1.54, 1.807) is 24.4 Å². The Morgan fingerprint density at radius 1 is 1.37 bits per heavy atom. The quantitative estimate of drug-likeness (QED) is 0.535. The number of benzene rings is 1. The third-order valence-corrected chi connectivity index (χ3v) is 3.53. The third-order valence-electron chi connectivity index (χ3n) is 2.61. The summed E-state index contributed by atoms with van der Waals surface area (Å²) in [5.41, 5.74) is 2.89. The molecule has 0 radical (unpaired) electrons. The molecule has 19 heavy (non-hydrogen) atoms. The molecule has 3 N–H and O–H groups in total. The number of nitrogens with zero attached hydrogens (tertiary/aromatic N) is 4. The number of nitrogens with one attached hydrogen (secondary N) is 1. The van der Waals surface area contributed by atoms with Gasteiger partial charge in [-0.2, -0.15) is 0 Å². The molecule has 8 heteroatoms. The number of fused-ring (bicyclic) bond motifs is 1. The normalized spacial score (nSPS) is 10.8. The minimum Gasteiger partial charge on any atom is -0.300 e. The van der Waals surface area contributed by atoms with Crippen LogP contribution >= 0.6 is 11.3 Å². The molecule has 3 aromatic rings. The van der Waals surface area contributed by atoms with E-state index in [0.717, 1.165) is 4.88 Å². The van der Waals surface area contributed by atoms with Gasteiger partial charge in [0, 0.05) is 11.1 Å². The maximum absolute atomic E-state index is 12.2. The monoisotopic (exact) mass is 274 g/mol. The van der Waals surface area contributed by atoms with Gasteiger partial charge < -0.3 is 0 Å². The summed E-state index contributed by atoms with van der Waals surface area (Å²) in [4.78, 5) is 17.1. The molecule has 0 saturated heterocycles. The Labute approximate surface area is 111 Å². The number of hydrogen-bond donors (Lipinski definition) is 2. The van der Waals surface area contributed by atoms with E-state index in [9.17, 15) is 4.79 Å². The van der Waals surface area contributed by atoms with E-state index >= 15 is 0 Å². The number of hydrogen-bond acceptors (Lipinski definition) is 7. The first-order valence-corrected chi connectivity index (χ1v) is 6.33. The van der Waals surface area contributed by atoms with E-state index in [2.05, 4.69) is 20.7 Å². The van der Waals surface area contributed by atoms with Crippen molar-refractivity contribution in [3.8, 4) is 0 Å². The van der Waals surface area contributed by atoms with Gasteiger partial charge in [0.15, 0.2) is 5.13 Å². The molecular formula is C11H10N6OS. The largest absolute Gasteiger partial charge is 0.300 e. The molecule has 0 fully saturated rings. The van der Waals surface area contributed by atoms with E-state index in [1.807, 2.05) is 6.07 Å². The first-order valence-electron chi connectivity index (χ1n) is 5.52. The molecular weight excluding hydrogens is 264 g/mol. The maximum Gasteiger partial charge on any atom is 0.277 e. The first-order chi connectivity index (χ1) is 9.28. The summed E-state index contributed by atoms with van der Waals surface area (Å²) in [6.07, 6.45) is 1.66. The van der Waals surface area contributed by atoms with Crippen LogP contribution in [-0.2, 0) is 6.54 Å². The number of nitrogen functional groups attached to an aromatic ring is 1. The molecule has 7 nitrogen and oxygen atoms in total. The molecule has 0 bridgehead atoms. The zero-order valence-corrected chi connectivity index (χ0v) is 10.6. The molecule has 0 unspecified atom stereocenters. The number of anilines is 1. The summed E-state index contributed by atoms with van der Waals surface area (Å²) in [6.45, 7) is 0.329. The van der Waals surface area contributed by atoms with E-state index < -0.39 is 0 Å². The number of nitrogens with two attached hydrogens (primary N) is 1. The topological polar surface area (TPSA) is 98.7 Å². The zero-order valence-electron chi connectivity index (χ0n) is 9.78. The summed E-state index contributed by atoms with van der Waals surface area (Å²) in [7, 11) is 0. The fourth-order valence-corrected chi connectivity index (χ4v) is 2.43. The van der Waals surface area contributed by atoms with Crippen molar-refractivity contribution in [2.24, 2.45) is 5.84 Å². The highest BCUT2D eigenvalue weighted by atomic mass is 32.1. The van der Waals surface area contributed by atoms with Gasteiger partial charge in [-0.1, -0.05) is 28.7 Å². The molecule has 3 rings (SSSR count). The highest BCUT2D eigenvalue weighted by molar-refractivity contribution is 7.15. The van der Waals surface area contributed by atoms with E-state index in [0.29, 0.717) is 22.6 Å². The lowest BCUT2D eigenvalue weighted by atomic mass is 10.2. The summed E-state index contributed by atoms with van der Waals surface area (Å²) in [5, 5.41) is 9.09. The van der Waals surface area contributed by atoms with E-state index in [-0.39, 0.29) is 5.56 Å². The molecule has 0 aliphatic rings. The van der Waals surface area contributed by atoms with Gasteiger partial charge in [0.2, 0.25) is 0 Å². The van der Waals surface area contributed by atoms with Crippen LogP contribution in [0.1, 0.15) is 4.88 Å². The van der Waals surface area contributed by atoms with Crippen LogP contribution in [0.3, 0.4) is 0 Å². The summed E-state index contributed by atoms with van der Waals surface area (Å²) in [6, 6.07) is 7.13. The number of thiazole rings is 1. The van der Waals surface area contributed by atoms with Gasteiger partial charge in [0.05, 0.1) is 11.9 Å². The molecule has 0 amide bonds. The van der Waals surface area contributed by atoms with Crippen molar-refractivity contribution in [2.75, 3.05) is 5.43 Å². The Kier molecular flexibility index (Phi) is 2.94. The van der Waals surface area contributed by atoms with Crippen LogP contribution in [0, 0.1) is 0 Å². The van der Waals surface area contributed by atoms with Crippen molar-refractivity contribution >= 4 is 27.4 Å². The van der Waals surface area contributed by atoms with Gasteiger partial charge in [-0.3, -0.25) is 10.2 Å². The van der Waals surface area contributed by atoms with Crippen molar-refractivity contribution in [2.45, 2.75) is 6.54 Å². The van der Waals surface area contributed by atoms with Crippen LogP contribution in [0.2, 0.25) is 0 Å². The molecule has 0 aliphatic heterocycles. The predicted octanol–water partition coefficient (Wildman–Crippen LogP) is 0.582. The second kappa shape index (κ2) is 4.75. The van der Waals surface area contributed by atoms with E-state index in [4.69, 9.17) is 5.84 Å². The molecule has 96 valence electrons. The average molecular weight is 274 g/mol. The Hall–Kier alpha value is -2.32. The predicted molar refractivity (Wildman–Crippen MR) is 72.8 cm³/mol. The van der Waals surface area contributed by atoms with Gasteiger partial charge in [-0.25, -0.2) is 15.5 Å². The van der Waals surface area contributed by atoms with Crippen molar-refractivity contribution in [1.29, 1.82) is 0 Å². The fourth-order valence-electron chi connectivity index (χ4n) is 1.72. The van der Waals surface area contributed by atoms with Crippen LogP contribution in [0.4, 0.5) is 5.13 Å². The lowest BCUT2D eigenvalue weighted by Gasteiger charge is -2.02. The first kappa shape index (κ1) is 11.8. The van der Waals surface area contributed by atoms with Crippen LogP contribution in [0.25, 0.3) is 10.9 Å². The average Bonchev–Trinajstić information content (AvgIpc) is 2.90. The lowest BCUT2D eigenvalue weighted by molar-refractivity contribution is 0.605. The van der Waals surface area contributed by atoms with Gasteiger partial charge in [0.1, 0.15) is 5.52 Å². The molecule has 0 atom stereocenters. The molecule has 0 aliphatic carbocycles. The third kappa shape index (κ3) is 2.18. The van der Waals surface area contributed by atoms with Crippen molar-refractivity contribution in [1.82, 2.24) is 20.0 Å². The van der Waals surface area contributed by atoms with Gasteiger partial charge >= 0.3 is 0 Å². The highest BCUT2D eigenvalue weighted by Gasteiger charge is 2.07. The molecule has 2 aromatic heterocycles. The summed E-state index contributed by atoms with van der Waals surface area (Å²) >= 11 is 1.37. The molecule has 0 saturated carbocycles. The Balaban J connectivity index is 2.01. The van der Waals surface area contributed by atoms with Crippen molar-refractivity contribution in [3.05, 3.63) is 45.7 Å². The zero-order chi connectivity index (χ0) is 13.2. The second-order valence-electron chi connectivity index (χ2n) is 3.85. The summed E-state index contributed by atoms with van der Waals surface area (Å²) < 4.78 is 1.32. The van der Waals surface area contributed by atoms with Crippen LogP contribution < -0.4 is 16.8 Å². The standard InChI is InChI=1S/C11H10N6OS/c12-14-11-13-5-7(19-11)6-17-10(18)8-3-1-2-4-9(8)15-16-17/h1-5H,6,12H2,(H,13,14). The second-order valence-corrected chi connectivity index (χ2v) is 4.96. The molecule has 1 aromatic carbocycles. The van der Waals surface area contributed by atoms with E-state index in [1.165, 1.54) is 16.0 Å². The van der Waals surface area contributed by atoms with Gasteiger partial charge in [-0.05, 0) is 12.1 Å².